The number of carbonyl (C=O) groups is 1. The predicted molar refractivity (Wildman–Crippen MR) is 102 cm³/mol. The third-order valence-electron chi connectivity index (χ3n) is 4.30. The van der Waals surface area contributed by atoms with Crippen molar-refractivity contribution < 1.29 is 17.9 Å². The van der Waals surface area contributed by atoms with Crippen molar-refractivity contribution in [1.82, 2.24) is 9.62 Å². The first-order valence-electron chi connectivity index (χ1n) is 8.69. The number of hydrogen-bond donors (Lipinski definition) is 2. The number of rotatable bonds is 8. The molecule has 0 aromatic heterocycles. The van der Waals surface area contributed by atoms with Crippen molar-refractivity contribution in [1.29, 1.82) is 0 Å². The monoisotopic (exact) mass is 403 g/mol. The van der Waals surface area contributed by atoms with Crippen molar-refractivity contribution in [2.45, 2.75) is 37.1 Å². The second-order valence-corrected chi connectivity index (χ2v) is 8.61. The Balaban J connectivity index is 2.12. The van der Waals surface area contributed by atoms with Crippen LogP contribution in [-0.2, 0) is 19.6 Å². The average molecular weight is 404 g/mol. The van der Waals surface area contributed by atoms with E-state index in [-0.39, 0.29) is 16.5 Å². The summed E-state index contributed by atoms with van der Waals surface area (Å²) < 4.78 is 32.0. The van der Waals surface area contributed by atoms with E-state index in [1.807, 2.05) is 0 Å². The van der Waals surface area contributed by atoms with Crippen molar-refractivity contribution in [3.63, 3.8) is 0 Å². The van der Waals surface area contributed by atoms with Crippen LogP contribution in [0.25, 0.3) is 0 Å². The third-order valence-corrected chi connectivity index (χ3v) is 6.52. The fourth-order valence-corrected chi connectivity index (χ4v) is 4.43. The minimum atomic E-state index is -3.58. The first-order chi connectivity index (χ1) is 12.4. The molecule has 1 saturated heterocycles. The van der Waals surface area contributed by atoms with E-state index in [1.54, 1.807) is 14.0 Å². The van der Waals surface area contributed by atoms with Crippen LogP contribution in [0.5, 0.6) is 0 Å². The number of benzene rings is 1. The molecule has 0 spiro atoms. The molecule has 0 bridgehead atoms. The number of nitrogens with zero attached hydrogens (tertiary/aromatic N) is 1. The molecule has 146 valence electrons. The minimum absolute atomic E-state index is 0.138. The van der Waals surface area contributed by atoms with E-state index in [0.29, 0.717) is 31.3 Å². The Hall–Kier alpha value is -1.19. The number of sulfonamides is 1. The normalized spacial score (nSPS) is 17.0. The molecular formula is C17H26ClN3O4S. The fraction of sp³-hybridized carbons (Fsp3) is 0.588. The summed E-state index contributed by atoms with van der Waals surface area (Å²) in [6, 6.07) is 3.93. The molecule has 0 radical (unpaired) electrons. The van der Waals surface area contributed by atoms with Crippen LogP contribution in [0.15, 0.2) is 23.1 Å². The van der Waals surface area contributed by atoms with Crippen molar-refractivity contribution in [3.8, 4) is 0 Å². The van der Waals surface area contributed by atoms with E-state index in [9.17, 15) is 13.2 Å². The van der Waals surface area contributed by atoms with Gasteiger partial charge in [-0.15, -0.1) is 0 Å². The zero-order valence-corrected chi connectivity index (χ0v) is 16.7. The number of halogens is 1. The summed E-state index contributed by atoms with van der Waals surface area (Å²) in [4.78, 5) is 12.4. The molecule has 0 aliphatic carbocycles. The molecule has 1 atom stereocenters. The molecule has 0 unspecified atom stereocenters. The number of nitrogens with one attached hydrogen (secondary N) is 2. The summed E-state index contributed by atoms with van der Waals surface area (Å²) in [6.45, 7) is 3.78. The van der Waals surface area contributed by atoms with Gasteiger partial charge in [-0.2, -0.15) is 4.31 Å². The molecule has 9 heteroatoms. The number of anilines is 1. The summed E-state index contributed by atoms with van der Waals surface area (Å²) in [5, 5.41) is 6.00. The highest BCUT2D eigenvalue weighted by molar-refractivity contribution is 7.89. The molecule has 1 aliphatic rings. The zero-order chi connectivity index (χ0) is 19.2. The van der Waals surface area contributed by atoms with Crippen LogP contribution in [0.4, 0.5) is 5.69 Å². The number of amides is 1. The van der Waals surface area contributed by atoms with Crippen molar-refractivity contribution in [3.05, 3.63) is 23.2 Å². The molecule has 1 heterocycles. The van der Waals surface area contributed by atoms with Gasteiger partial charge in [-0.25, -0.2) is 8.42 Å². The molecule has 1 aromatic rings. The van der Waals surface area contributed by atoms with E-state index in [2.05, 4.69) is 10.6 Å². The molecule has 7 nitrogen and oxygen atoms in total. The van der Waals surface area contributed by atoms with Gasteiger partial charge in [-0.05, 0) is 38.0 Å². The maximum Gasteiger partial charge on any atom is 0.243 e. The van der Waals surface area contributed by atoms with Gasteiger partial charge in [0.15, 0.2) is 0 Å². The Morgan fingerprint density at radius 3 is 2.65 bits per heavy atom. The number of carbonyl (C=O) groups excluding carboxylic acids is 1. The summed E-state index contributed by atoms with van der Waals surface area (Å²) in [5.41, 5.74) is 0.287. The summed E-state index contributed by atoms with van der Waals surface area (Å²) in [7, 11) is -2.00. The standard InChI is InChI=1S/C17H26ClN3O4S/c1-13(19-8-11-25-2)17(22)20-16-12-14(6-7-15(16)18)26(23,24)21-9-4-3-5-10-21/h6-7,12-13,19H,3-5,8-11H2,1-2H3,(H,20,22)/t13-/m1/s1. The lowest BCUT2D eigenvalue weighted by Gasteiger charge is -2.26. The van der Waals surface area contributed by atoms with E-state index < -0.39 is 16.1 Å². The van der Waals surface area contributed by atoms with Gasteiger partial charge in [0.2, 0.25) is 15.9 Å². The lowest BCUT2D eigenvalue weighted by Crippen LogP contribution is -2.39. The smallest absolute Gasteiger partial charge is 0.243 e. The van der Waals surface area contributed by atoms with Crippen LogP contribution < -0.4 is 10.6 Å². The molecule has 1 amide bonds. The van der Waals surface area contributed by atoms with Crippen LogP contribution >= 0.6 is 11.6 Å². The predicted octanol–water partition coefficient (Wildman–Crippen LogP) is 2.08. The molecular weight excluding hydrogens is 378 g/mol. The number of methoxy groups -OCH3 is 1. The van der Waals surface area contributed by atoms with E-state index >= 15 is 0 Å². The van der Waals surface area contributed by atoms with Gasteiger partial charge in [0.25, 0.3) is 0 Å². The van der Waals surface area contributed by atoms with E-state index in [1.165, 1.54) is 22.5 Å². The van der Waals surface area contributed by atoms with Crippen molar-refractivity contribution in [2.75, 3.05) is 38.7 Å². The molecule has 1 aromatic carbocycles. The summed E-state index contributed by atoms with van der Waals surface area (Å²) >= 11 is 6.14. The maximum atomic E-state index is 12.8. The minimum Gasteiger partial charge on any atom is -0.383 e. The Kier molecular flexibility index (Phi) is 7.85. The van der Waals surface area contributed by atoms with Crippen LogP contribution in [0.2, 0.25) is 5.02 Å². The van der Waals surface area contributed by atoms with E-state index in [4.69, 9.17) is 16.3 Å². The largest absolute Gasteiger partial charge is 0.383 e. The first kappa shape index (κ1) is 21.1. The maximum absolute atomic E-state index is 12.8. The highest BCUT2D eigenvalue weighted by Gasteiger charge is 2.26. The molecule has 0 saturated carbocycles. The number of ether oxygens (including phenoxy) is 1. The lowest BCUT2D eigenvalue weighted by atomic mass is 10.2. The van der Waals surface area contributed by atoms with Gasteiger partial charge < -0.3 is 15.4 Å². The average Bonchev–Trinajstić information content (AvgIpc) is 2.64. The van der Waals surface area contributed by atoms with E-state index in [0.717, 1.165) is 19.3 Å². The van der Waals surface area contributed by atoms with Crippen molar-refractivity contribution >= 4 is 33.2 Å². The summed E-state index contributed by atoms with van der Waals surface area (Å²) in [6.07, 6.45) is 2.77. The second-order valence-electron chi connectivity index (χ2n) is 6.26. The Morgan fingerprint density at radius 2 is 2.00 bits per heavy atom. The zero-order valence-electron chi connectivity index (χ0n) is 15.1. The Bertz CT molecular complexity index is 721. The topological polar surface area (TPSA) is 87.7 Å². The Morgan fingerprint density at radius 1 is 1.31 bits per heavy atom. The quantitative estimate of drug-likeness (QED) is 0.649. The first-order valence-corrected chi connectivity index (χ1v) is 10.5. The summed E-state index contributed by atoms with van der Waals surface area (Å²) in [5.74, 6) is -0.296. The highest BCUT2D eigenvalue weighted by Crippen LogP contribution is 2.28. The van der Waals surface area contributed by atoms with Gasteiger partial charge in [0.1, 0.15) is 0 Å². The molecule has 2 rings (SSSR count). The van der Waals surface area contributed by atoms with Crippen LogP contribution in [0, 0.1) is 0 Å². The second kappa shape index (κ2) is 9.66. The molecule has 1 fully saturated rings. The van der Waals surface area contributed by atoms with Gasteiger partial charge in [0, 0.05) is 26.7 Å². The third kappa shape index (κ3) is 5.40. The SMILES string of the molecule is COCCN[C@H](C)C(=O)Nc1cc(S(=O)(=O)N2CCCCC2)ccc1Cl. The van der Waals surface area contributed by atoms with Crippen molar-refractivity contribution in [2.24, 2.45) is 0 Å². The van der Waals surface area contributed by atoms with Gasteiger partial charge in [-0.3, -0.25) is 4.79 Å². The lowest BCUT2D eigenvalue weighted by molar-refractivity contribution is -0.117. The molecule has 26 heavy (non-hydrogen) atoms. The van der Waals surface area contributed by atoms with Gasteiger partial charge >= 0.3 is 0 Å². The van der Waals surface area contributed by atoms with Gasteiger partial charge in [0.05, 0.1) is 28.3 Å². The number of hydrogen-bond acceptors (Lipinski definition) is 5. The molecule has 1 aliphatic heterocycles. The van der Waals surface area contributed by atoms with Crippen LogP contribution in [0.1, 0.15) is 26.2 Å². The highest BCUT2D eigenvalue weighted by atomic mass is 35.5. The Labute approximate surface area is 160 Å². The fourth-order valence-electron chi connectivity index (χ4n) is 2.73. The number of piperidine rings is 1. The van der Waals surface area contributed by atoms with Gasteiger partial charge in [-0.1, -0.05) is 18.0 Å². The van der Waals surface area contributed by atoms with Crippen LogP contribution in [-0.4, -0.2) is 58.0 Å². The molecule has 2 N–H and O–H groups in total. The van der Waals surface area contributed by atoms with Crippen LogP contribution in [0.3, 0.4) is 0 Å².